The molecule has 0 spiro atoms. The first-order valence-corrected chi connectivity index (χ1v) is 8.87. The van der Waals surface area contributed by atoms with Gasteiger partial charge in [-0.2, -0.15) is 5.10 Å². The van der Waals surface area contributed by atoms with Gasteiger partial charge in [-0.05, 0) is 54.8 Å². The lowest BCUT2D eigenvalue weighted by molar-refractivity contribution is 0.0773. The smallest absolute Gasteiger partial charge is 0.254 e. The van der Waals surface area contributed by atoms with Crippen molar-refractivity contribution in [1.82, 2.24) is 14.7 Å². The molecule has 0 N–H and O–H groups in total. The van der Waals surface area contributed by atoms with Gasteiger partial charge in [0, 0.05) is 30.5 Å². The first-order valence-electron chi connectivity index (χ1n) is 8.87. The van der Waals surface area contributed by atoms with E-state index in [-0.39, 0.29) is 5.91 Å². The summed E-state index contributed by atoms with van der Waals surface area (Å²) in [5.41, 5.74) is 5.32. The number of nitrogens with zero attached hydrogens (tertiary/aromatic N) is 3. The predicted molar refractivity (Wildman–Crippen MR) is 103 cm³/mol. The first-order chi connectivity index (χ1) is 12.7. The predicted octanol–water partition coefficient (Wildman–Crippen LogP) is 4.11. The van der Waals surface area contributed by atoms with E-state index >= 15 is 0 Å². The molecule has 4 nitrogen and oxygen atoms in total. The molecule has 130 valence electrons. The lowest BCUT2D eigenvalue weighted by atomic mass is 9.99. The van der Waals surface area contributed by atoms with Crippen LogP contribution < -0.4 is 0 Å². The molecule has 3 aromatic rings. The summed E-state index contributed by atoms with van der Waals surface area (Å²) in [7, 11) is 0. The Morgan fingerprint density at radius 3 is 2.38 bits per heavy atom. The maximum absolute atomic E-state index is 12.8. The number of amides is 1. The van der Waals surface area contributed by atoms with Crippen LogP contribution >= 0.6 is 0 Å². The number of hydrogen-bond acceptors (Lipinski definition) is 2. The highest BCUT2D eigenvalue weighted by atomic mass is 16.2. The molecule has 0 atom stereocenters. The number of aryl methyl sites for hydroxylation is 1. The molecule has 1 aliphatic rings. The van der Waals surface area contributed by atoms with Crippen LogP contribution in [-0.2, 0) is 0 Å². The van der Waals surface area contributed by atoms with Crippen molar-refractivity contribution < 1.29 is 4.79 Å². The molecule has 2 heterocycles. The lowest BCUT2D eigenvalue weighted by Crippen LogP contribution is -2.34. The average molecular weight is 343 g/mol. The van der Waals surface area contributed by atoms with Crippen molar-refractivity contribution in [1.29, 1.82) is 0 Å². The Kier molecular flexibility index (Phi) is 4.40. The second kappa shape index (κ2) is 7.00. The van der Waals surface area contributed by atoms with Gasteiger partial charge >= 0.3 is 0 Å². The van der Waals surface area contributed by atoms with Crippen molar-refractivity contribution >= 4 is 11.5 Å². The number of carbonyl (C=O) groups excluding carboxylic acids is 1. The van der Waals surface area contributed by atoms with E-state index in [2.05, 4.69) is 35.4 Å². The van der Waals surface area contributed by atoms with Crippen LogP contribution in [0.4, 0.5) is 0 Å². The first kappa shape index (κ1) is 16.3. The van der Waals surface area contributed by atoms with Gasteiger partial charge in [-0.3, -0.25) is 4.79 Å². The normalized spacial score (nSPS) is 14.2. The van der Waals surface area contributed by atoms with Crippen LogP contribution in [0.1, 0.15) is 28.0 Å². The molecule has 1 aromatic heterocycles. The van der Waals surface area contributed by atoms with E-state index in [1.807, 2.05) is 52.9 Å². The molecule has 4 heteroatoms. The van der Waals surface area contributed by atoms with Crippen molar-refractivity contribution in [3.05, 3.63) is 89.8 Å². The number of carbonyl (C=O) groups is 1. The number of hydrogen-bond donors (Lipinski definition) is 0. The zero-order chi connectivity index (χ0) is 17.9. The van der Waals surface area contributed by atoms with Gasteiger partial charge < -0.3 is 4.90 Å². The number of benzene rings is 2. The fourth-order valence-corrected chi connectivity index (χ4v) is 3.34. The Hall–Kier alpha value is -3.14. The molecule has 2 aromatic carbocycles. The van der Waals surface area contributed by atoms with Crippen molar-refractivity contribution in [2.75, 3.05) is 13.1 Å². The van der Waals surface area contributed by atoms with Gasteiger partial charge in [0.2, 0.25) is 0 Å². The van der Waals surface area contributed by atoms with Gasteiger partial charge in [0.05, 0.1) is 5.69 Å². The van der Waals surface area contributed by atoms with Crippen LogP contribution in [0.2, 0.25) is 0 Å². The number of aromatic nitrogens is 2. The van der Waals surface area contributed by atoms with Gasteiger partial charge in [-0.1, -0.05) is 36.4 Å². The second-order valence-corrected chi connectivity index (χ2v) is 6.53. The third kappa shape index (κ3) is 3.18. The van der Waals surface area contributed by atoms with Gasteiger partial charge in [-0.15, -0.1) is 0 Å². The zero-order valence-electron chi connectivity index (χ0n) is 14.8. The summed E-state index contributed by atoms with van der Waals surface area (Å²) >= 11 is 0. The van der Waals surface area contributed by atoms with E-state index in [0.717, 1.165) is 29.9 Å². The van der Waals surface area contributed by atoms with Crippen LogP contribution in [0, 0.1) is 6.92 Å². The highest BCUT2D eigenvalue weighted by molar-refractivity contribution is 5.95. The van der Waals surface area contributed by atoms with E-state index in [0.29, 0.717) is 6.54 Å². The van der Waals surface area contributed by atoms with E-state index in [1.165, 1.54) is 11.1 Å². The Labute approximate surface area is 153 Å². The van der Waals surface area contributed by atoms with E-state index in [9.17, 15) is 4.79 Å². The van der Waals surface area contributed by atoms with Crippen molar-refractivity contribution in [3.8, 4) is 5.69 Å². The minimum atomic E-state index is 0.0806. The molecule has 0 saturated carbocycles. The molecule has 0 radical (unpaired) electrons. The molecule has 0 unspecified atom stereocenters. The minimum Gasteiger partial charge on any atom is -0.335 e. The van der Waals surface area contributed by atoms with Crippen LogP contribution in [0.5, 0.6) is 0 Å². The quantitative estimate of drug-likeness (QED) is 0.718. The Morgan fingerprint density at radius 2 is 1.77 bits per heavy atom. The molecular formula is C22H21N3O. The summed E-state index contributed by atoms with van der Waals surface area (Å²) in [6, 6.07) is 20.0. The van der Waals surface area contributed by atoms with Crippen LogP contribution in [-0.4, -0.2) is 33.7 Å². The molecular weight excluding hydrogens is 322 g/mol. The minimum absolute atomic E-state index is 0.0806. The van der Waals surface area contributed by atoms with Crippen LogP contribution in [0.25, 0.3) is 11.3 Å². The lowest BCUT2D eigenvalue weighted by Gasteiger charge is -2.27. The summed E-state index contributed by atoms with van der Waals surface area (Å²) < 4.78 is 1.87. The molecule has 0 fully saturated rings. The van der Waals surface area contributed by atoms with Crippen LogP contribution in [0.15, 0.2) is 72.9 Å². The monoisotopic (exact) mass is 343 g/mol. The maximum atomic E-state index is 12.8. The standard InChI is InChI=1S/C22H21N3O/c1-17-11-14-23-25(17)21-9-7-20(8-10-21)22(26)24-15-12-19(13-16-24)18-5-3-2-4-6-18/h2-12,14H,13,15-16H2,1H3. The summed E-state index contributed by atoms with van der Waals surface area (Å²) in [5.74, 6) is 0.0806. The molecule has 4 rings (SSSR count). The SMILES string of the molecule is Cc1ccnn1-c1ccc(C(=O)N2CC=C(c3ccccc3)CC2)cc1. The van der Waals surface area contributed by atoms with E-state index in [1.54, 1.807) is 6.20 Å². The maximum Gasteiger partial charge on any atom is 0.254 e. The highest BCUT2D eigenvalue weighted by Crippen LogP contribution is 2.23. The fourth-order valence-electron chi connectivity index (χ4n) is 3.34. The summed E-state index contributed by atoms with van der Waals surface area (Å²) in [5, 5.41) is 4.30. The van der Waals surface area contributed by atoms with Crippen molar-refractivity contribution in [3.63, 3.8) is 0 Å². The molecule has 0 saturated heterocycles. The van der Waals surface area contributed by atoms with Gasteiger partial charge in [0.25, 0.3) is 5.91 Å². The van der Waals surface area contributed by atoms with Gasteiger partial charge in [-0.25, -0.2) is 4.68 Å². The largest absolute Gasteiger partial charge is 0.335 e. The fraction of sp³-hybridized carbons (Fsp3) is 0.182. The number of rotatable bonds is 3. The van der Waals surface area contributed by atoms with E-state index in [4.69, 9.17) is 0 Å². The van der Waals surface area contributed by atoms with Gasteiger partial charge in [0.15, 0.2) is 0 Å². The topological polar surface area (TPSA) is 38.1 Å². The Balaban J connectivity index is 1.47. The Morgan fingerprint density at radius 1 is 1.00 bits per heavy atom. The highest BCUT2D eigenvalue weighted by Gasteiger charge is 2.19. The summed E-state index contributed by atoms with van der Waals surface area (Å²) in [6.45, 7) is 3.42. The zero-order valence-corrected chi connectivity index (χ0v) is 14.8. The van der Waals surface area contributed by atoms with Crippen molar-refractivity contribution in [2.45, 2.75) is 13.3 Å². The average Bonchev–Trinajstić information content (AvgIpc) is 3.14. The second-order valence-electron chi connectivity index (χ2n) is 6.53. The van der Waals surface area contributed by atoms with E-state index < -0.39 is 0 Å². The Bertz CT molecular complexity index is 939. The van der Waals surface area contributed by atoms with Crippen LogP contribution in [0.3, 0.4) is 0 Å². The summed E-state index contributed by atoms with van der Waals surface area (Å²) in [4.78, 5) is 14.7. The molecule has 1 aliphatic heterocycles. The molecule has 26 heavy (non-hydrogen) atoms. The third-order valence-electron chi connectivity index (χ3n) is 4.83. The summed E-state index contributed by atoms with van der Waals surface area (Å²) in [6.07, 6.45) is 4.83. The van der Waals surface area contributed by atoms with Crippen molar-refractivity contribution in [2.24, 2.45) is 0 Å². The molecule has 0 aliphatic carbocycles. The van der Waals surface area contributed by atoms with Gasteiger partial charge in [0.1, 0.15) is 0 Å². The third-order valence-corrected chi connectivity index (χ3v) is 4.83. The molecule has 0 bridgehead atoms. The molecule has 1 amide bonds.